The second-order valence-electron chi connectivity index (χ2n) is 7.72. The van der Waals surface area contributed by atoms with Gasteiger partial charge in [0.25, 0.3) is 17.7 Å². The van der Waals surface area contributed by atoms with Crippen LogP contribution in [0, 0.1) is 0 Å². The van der Waals surface area contributed by atoms with Crippen molar-refractivity contribution in [2.75, 3.05) is 6.54 Å². The molecule has 0 saturated carbocycles. The minimum atomic E-state index is -0.263. The van der Waals surface area contributed by atoms with Crippen LogP contribution in [0.5, 0.6) is 5.75 Å². The number of amides is 2. The summed E-state index contributed by atoms with van der Waals surface area (Å²) in [5.41, 5.74) is 1.75. The SMILES string of the molecule is Cl.O=C1c2ccccc2C(=O)N1Cc1ccc(OCc2nc([C@@H]3CCCCN3)no2)cc1. The monoisotopic (exact) mass is 454 g/mol. The number of benzene rings is 2. The zero-order chi connectivity index (χ0) is 21.2. The van der Waals surface area contributed by atoms with E-state index < -0.39 is 0 Å². The molecule has 32 heavy (non-hydrogen) atoms. The van der Waals surface area contributed by atoms with Gasteiger partial charge in [0.05, 0.1) is 23.7 Å². The van der Waals surface area contributed by atoms with Gasteiger partial charge in [-0.3, -0.25) is 14.5 Å². The molecular formula is C23H23ClN4O4. The molecule has 2 aliphatic rings. The van der Waals surface area contributed by atoms with E-state index in [0.29, 0.717) is 28.6 Å². The molecule has 166 valence electrons. The van der Waals surface area contributed by atoms with Gasteiger partial charge in [-0.1, -0.05) is 35.8 Å². The highest BCUT2D eigenvalue weighted by atomic mass is 35.5. The molecule has 1 atom stereocenters. The van der Waals surface area contributed by atoms with Crippen molar-refractivity contribution in [1.82, 2.24) is 20.4 Å². The number of carbonyl (C=O) groups excluding carboxylic acids is 2. The van der Waals surface area contributed by atoms with Gasteiger partial charge in [-0.05, 0) is 49.2 Å². The van der Waals surface area contributed by atoms with Crippen LogP contribution in [0.15, 0.2) is 53.1 Å². The maximum atomic E-state index is 12.5. The summed E-state index contributed by atoms with van der Waals surface area (Å²) in [6.45, 7) is 1.36. The lowest BCUT2D eigenvalue weighted by atomic mass is 10.0. The molecule has 9 heteroatoms. The molecular weight excluding hydrogens is 432 g/mol. The summed E-state index contributed by atoms with van der Waals surface area (Å²) in [4.78, 5) is 30.7. The first-order valence-electron chi connectivity index (χ1n) is 10.4. The Labute approximate surface area is 191 Å². The molecule has 0 bridgehead atoms. The lowest BCUT2D eigenvalue weighted by molar-refractivity contribution is 0.0642. The van der Waals surface area contributed by atoms with E-state index >= 15 is 0 Å². The zero-order valence-corrected chi connectivity index (χ0v) is 18.1. The van der Waals surface area contributed by atoms with E-state index in [9.17, 15) is 9.59 Å². The Kier molecular flexibility index (Phi) is 6.53. The average Bonchev–Trinajstić information content (AvgIpc) is 3.39. The maximum Gasteiger partial charge on any atom is 0.264 e. The number of nitrogens with zero attached hydrogens (tertiary/aromatic N) is 3. The van der Waals surface area contributed by atoms with E-state index in [1.165, 1.54) is 11.3 Å². The van der Waals surface area contributed by atoms with Crippen LogP contribution in [-0.2, 0) is 13.2 Å². The minimum absolute atomic E-state index is 0. The quantitative estimate of drug-likeness (QED) is 0.567. The Morgan fingerprint density at radius 3 is 2.41 bits per heavy atom. The number of fused-ring (bicyclic) bond motifs is 1. The van der Waals surface area contributed by atoms with Gasteiger partial charge in [0.1, 0.15) is 5.75 Å². The van der Waals surface area contributed by atoms with Gasteiger partial charge in [0.2, 0.25) is 0 Å². The number of aromatic nitrogens is 2. The Hall–Kier alpha value is -3.23. The van der Waals surface area contributed by atoms with E-state index in [-0.39, 0.29) is 43.4 Å². The molecule has 8 nitrogen and oxygen atoms in total. The highest BCUT2D eigenvalue weighted by Crippen LogP contribution is 2.25. The number of piperidine rings is 1. The van der Waals surface area contributed by atoms with Gasteiger partial charge in [0.15, 0.2) is 12.4 Å². The van der Waals surface area contributed by atoms with Crippen molar-refractivity contribution in [3.63, 3.8) is 0 Å². The number of hydrogen-bond acceptors (Lipinski definition) is 7. The first-order valence-corrected chi connectivity index (χ1v) is 10.4. The van der Waals surface area contributed by atoms with Crippen LogP contribution in [0.2, 0.25) is 0 Å². The Morgan fingerprint density at radius 1 is 1.03 bits per heavy atom. The first kappa shape index (κ1) is 22.0. The third kappa shape index (κ3) is 4.37. The standard InChI is InChI=1S/C23H22N4O4.ClH/c28-22-17-5-1-2-6-18(17)23(29)27(22)13-15-8-10-16(11-9-15)30-14-20-25-21(26-31-20)19-7-3-4-12-24-19;/h1-2,5-6,8-11,19,24H,3-4,7,12-14H2;1H/t19-;/m0./s1. The minimum Gasteiger partial charge on any atom is -0.484 e. The van der Waals surface area contributed by atoms with Crippen LogP contribution in [0.4, 0.5) is 0 Å². The number of nitrogens with one attached hydrogen (secondary N) is 1. The molecule has 0 aliphatic carbocycles. The van der Waals surface area contributed by atoms with Gasteiger partial charge in [-0.15, -0.1) is 12.4 Å². The van der Waals surface area contributed by atoms with Crippen LogP contribution >= 0.6 is 12.4 Å². The molecule has 0 radical (unpaired) electrons. The van der Waals surface area contributed by atoms with E-state index in [4.69, 9.17) is 9.26 Å². The average molecular weight is 455 g/mol. The van der Waals surface area contributed by atoms with Gasteiger partial charge in [-0.2, -0.15) is 4.98 Å². The van der Waals surface area contributed by atoms with E-state index in [1.807, 2.05) is 12.1 Å². The fourth-order valence-corrected chi connectivity index (χ4v) is 3.94. The third-order valence-electron chi connectivity index (χ3n) is 5.61. The largest absolute Gasteiger partial charge is 0.484 e. The summed E-state index contributed by atoms with van der Waals surface area (Å²) in [5, 5.41) is 7.45. The molecule has 0 unspecified atom stereocenters. The molecule has 3 aromatic rings. The number of hydrogen-bond donors (Lipinski definition) is 1. The van der Waals surface area contributed by atoms with E-state index in [0.717, 1.165) is 24.9 Å². The summed E-state index contributed by atoms with van der Waals surface area (Å²) < 4.78 is 11.0. The maximum absolute atomic E-state index is 12.5. The van der Waals surface area contributed by atoms with Crippen LogP contribution in [-0.4, -0.2) is 33.4 Å². The summed E-state index contributed by atoms with van der Waals surface area (Å²) in [6, 6.07) is 14.3. The Morgan fingerprint density at radius 2 is 1.75 bits per heavy atom. The number of rotatable bonds is 6. The fraction of sp³-hybridized carbons (Fsp3) is 0.304. The van der Waals surface area contributed by atoms with Crippen molar-refractivity contribution in [2.24, 2.45) is 0 Å². The second kappa shape index (κ2) is 9.50. The van der Waals surface area contributed by atoms with Crippen molar-refractivity contribution < 1.29 is 18.8 Å². The van der Waals surface area contributed by atoms with Gasteiger partial charge < -0.3 is 14.6 Å². The summed E-state index contributed by atoms with van der Waals surface area (Å²) >= 11 is 0. The number of imide groups is 1. The Bertz CT molecular complexity index is 1070. The van der Waals surface area contributed by atoms with Crippen LogP contribution in [0.3, 0.4) is 0 Å². The fourth-order valence-electron chi connectivity index (χ4n) is 3.94. The third-order valence-corrected chi connectivity index (χ3v) is 5.61. The Balaban J connectivity index is 0.00000245. The van der Waals surface area contributed by atoms with Crippen molar-refractivity contribution >= 4 is 24.2 Å². The molecule has 2 aliphatic heterocycles. The summed E-state index contributed by atoms with van der Waals surface area (Å²) in [6.07, 6.45) is 3.34. The number of halogens is 1. The van der Waals surface area contributed by atoms with E-state index in [2.05, 4.69) is 15.5 Å². The second-order valence-corrected chi connectivity index (χ2v) is 7.72. The normalized spacial score (nSPS) is 17.8. The highest BCUT2D eigenvalue weighted by molar-refractivity contribution is 6.21. The molecule has 1 fully saturated rings. The predicted molar refractivity (Wildman–Crippen MR) is 118 cm³/mol. The van der Waals surface area contributed by atoms with E-state index in [1.54, 1.807) is 36.4 Å². The number of ether oxygens (including phenoxy) is 1. The first-order chi connectivity index (χ1) is 15.2. The van der Waals surface area contributed by atoms with Gasteiger partial charge >= 0.3 is 0 Å². The lowest BCUT2D eigenvalue weighted by Gasteiger charge is -2.19. The molecule has 5 rings (SSSR count). The summed E-state index contributed by atoms with van der Waals surface area (Å²) in [5.74, 6) is 1.22. The molecule has 1 N–H and O–H groups in total. The molecule has 1 aromatic heterocycles. The molecule has 2 amide bonds. The predicted octanol–water partition coefficient (Wildman–Crippen LogP) is 3.68. The zero-order valence-electron chi connectivity index (χ0n) is 17.3. The van der Waals surface area contributed by atoms with Crippen LogP contribution < -0.4 is 10.1 Å². The van der Waals surface area contributed by atoms with Gasteiger partial charge in [0, 0.05) is 0 Å². The highest BCUT2D eigenvalue weighted by Gasteiger charge is 2.34. The molecule has 3 heterocycles. The van der Waals surface area contributed by atoms with Crippen molar-refractivity contribution in [1.29, 1.82) is 0 Å². The molecule has 0 spiro atoms. The smallest absolute Gasteiger partial charge is 0.264 e. The van der Waals surface area contributed by atoms with Crippen LogP contribution in [0.25, 0.3) is 0 Å². The lowest BCUT2D eigenvalue weighted by Crippen LogP contribution is -2.29. The number of carbonyl (C=O) groups is 2. The van der Waals surface area contributed by atoms with Crippen molar-refractivity contribution in [2.45, 2.75) is 38.5 Å². The van der Waals surface area contributed by atoms with Crippen molar-refractivity contribution in [3.8, 4) is 5.75 Å². The molecule has 2 aromatic carbocycles. The topological polar surface area (TPSA) is 97.6 Å². The van der Waals surface area contributed by atoms with Crippen LogP contribution in [0.1, 0.15) is 63.3 Å². The molecule has 1 saturated heterocycles. The van der Waals surface area contributed by atoms with Crippen molar-refractivity contribution in [3.05, 3.63) is 76.9 Å². The van der Waals surface area contributed by atoms with Gasteiger partial charge in [-0.25, -0.2) is 0 Å². The summed E-state index contributed by atoms with van der Waals surface area (Å²) in [7, 11) is 0.